The zero-order chi connectivity index (χ0) is 34.2. The molecule has 1 saturated heterocycles. The Bertz CT molecular complexity index is 1200. The standard InChI is InChI=1S/C33H48Cl2N4O9/c34-11-3-1-2-4-14-43-16-18-45-20-21-46-19-17-44-15-12-36-33(42)47-25-28-22-29(48-38-28)23-31(40)39-13-5-6-30(39)32(41)37-24-26-7-9-27(35)10-8-26/h7-10,22,30H,1-6,11-21,23-25H2,(H,36,42)(H,37,41)/t30-/m0/s1. The Kier molecular flexibility index (Phi) is 19.9. The highest BCUT2D eigenvalue weighted by Gasteiger charge is 2.34. The van der Waals surface area contributed by atoms with E-state index in [4.69, 9.17) is 51.4 Å². The number of halogens is 2. The van der Waals surface area contributed by atoms with Crippen LogP contribution in [-0.4, -0.2) is 106 Å². The number of likely N-dealkylation sites (tertiary alicyclic amines) is 1. The smallest absolute Gasteiger partial charge is 0.407 e. The Morgan fingerprint density at radius 1 is 0.875 bits per heavy atom. The van der Waals surface area contributed by atoms with E-state index in [1.54, 1.807) is 23.1 Å². The van der Waals surface area contributed by atoms with Crippen LogP contribution in [0.2, 0.25) is 5.02 Å². The van der Waals surface area contributed by atoms with E-state index in [-0.39, 0.29) is 31.4 Å². The summed E-state index contributed by atoms with van der Waals surface area (Å²) in [6.07, 6.45) is 5.02. The van der Waals surface area contributed by atoms with Crippen molar-refractivity contribution in [2.45, 2.75) is 64.1 Å². The average Bonchev–Trinajstić information content (AvgIpc) is 3.76. The SMILES string of the molecule is O=C(NCCOCCOCCOCCOCCCCCCCl)OCc1cc(CC(=O)N2CCC[C@H]2C(=O)NCc2ccc(Cl)cc2)on1. The summed E-state index contributed by atoms with van der Waals surface area (Å²) < 4.78 is 32.3. The van der Waals surface area contributed by atoms with Gasteiger partial charge in [0.15, 0.2) is 0 Å². The largest absolute Gasteiger partial charge is 0.443 e. The van der Waals surface area contributed by atoms with Gasteiger partial charge in [-0.2, -0.15) is 0 Å². The summed E-state index contributed by atoms with van der Waals surface area (Å²) in [5.74, 6) is 0.604. The molecule has 0 unspecified atom stereocenters. The van der Waals surface area contributed by atoms with E-state index in [0.29, 0.717) is 82.2 Å². The van der Waals surface area contributed by atoms with Gasteiger partial charge in [-0.3, -0.25) is 9.59 Å². The summed E-state index contributed by atoms with van der Waals surface area (Å²) in [6, 6.07) is 8.23. The van der Waals surface area contributed by atoms with Crippen LogP contribution in [0.3, 0.4) is 0 Å². The number of benzene rings is 1. The second-order valence-corrected chi connectivity index (χ2v) is 11.9. The number of nitrogens with zero attached hydrogens (tertiary/aromatic N) is 2. The van der Waals surface area contributed by atoms with Crippen molar-refractivity contribution >= 4 is 41.1 Å². The predicted octanol–water partition coefficient (Wildman–Crippen LogP) is 4.27. The van der Waals surface area contributed by atoms with Gasteiger partial charge in [0, 0.05) is 43.2 Å². The summed E-state index contributed by atoms with van der Waals surface area (Å²) in [4.78, 5) is 39.3. The van der Waals surface area contributed by atoms with E-state index in [1.165, 1.54) is 0 Å². The molecular formula is C33H48Cl2N4O9. The number of carbonyl (C=O) groups excluding carboxylic acids is 3. The van der Waals surface area contributed by atoms with Crippen molar-refractivity contribution in [3.8, 4) is 0 Å². The Morgan fingerprint density at radius 2 is 1.54 bits per heavy atom. The molecule has 3 amide bonds. The number of alkyl carbamates (subject to hydrolysis) is 1. The first-order valence-electron chi connectivity index (χ1n) is 16.5. The van der Waals surface area contributed by atoms with E-state index in [1.807, 2.05) is 12.1 Å². The minimum absolute atomic E-state index is 0.0560. The van der Waals surface area contributed by atoms with Gasteiger partial charge >= 0.3 is 6.09 Å². The minimum Gasteiger partial charge on any atom is -0.443 e. The van der Waals surface area contributed by atoms with E-state index in [0.717, 1.165) is 50.2 Å². The third-order valence-corrected chi connectivity index (χ3v) is 7.86. The summed E-state index contributed by atoms with van der Waals surface area (Å²) in [5, 5.41) is 9.99. The Balaban J connectivity index is 1.16. The van der Waals surface area contributed by atoms with Crippen molar-refractivity contribution in [2.75, 3.05) is 71.8 Å². The number of unbranched alkanes of at least 4 members (excludes halogenated alkanes) is 3. The van der Waals surface area contributed by atoms with Crippen LogP contribution in [0.15, 0.2) is 34.9 Å². The molecule has 1 aliphatic rings. The van der Waals surface area contributed by atoms with Crippen molar-refractivity contribution in [2.24, 2.45) is 0 Å². The number of amides is 3. The van der Waals surface area contributed by atoms with Crippen LogP contribution in [0, 0.1) is 0 Å². The number of ether oxygens (including phenoxy) is 5. The minimum atomic E-state index is -0.632. The summed E-state index contributed by atoms with van der Waals surface area (Å²) >= 11 is 11.6. The molecule has 3 rings (SSSR count). The van der Waals surface area contributed by atoms with Gasteiger partial charge in [0.25, 0.3) is 0 Å². The molecule has 0 radical (unpaired) electrons. The van der Waals surface area contributed by atoms with Gasteiger partial charge in [0.2, 0.25) is 11.8 Å². The predicted molar refractivity (Wildman–Crippen MR) is 179 cm³/mol. The third-order valence-electron chi connectivity index (χ3n) is 7.34. The van der Waals surface area contributed by atoms with Crippen LogP contribution in [-0.2, 0) is 52.8 Å². The molecule has 15 heteroatoms. The third kappa shape index (κ3) is 16.4. The molecule has 2 heterocycles. The maximum atomic E-state index is 13.0. The van der Waals surface area contributed by atoms with Crippen molar-refractivity contribution in [1.82, 2.24) is 20.7 Å². The van der Waals surface area contributed by atoms with E-state index in [9.17, 15) is 14.4 Å². The number of nitrogens with one attached hydrogen (secondary N) is 2. The highest BCUT2D eigenvalue weighted by Crippen LogP contribution is 2.20. The lowest BCUT2D eigenvalue weighted by Gasteiger charge is -2.23. The van der Waals surface area contributed by atoms with Gasteiger partial charge < -0.3 is 43.7 Å². The molecule has 2 aromatic rings. The highest BCUT2D eigenvalue weighted by molar-refractivity contribution is 6.30. The topological polar surface area (TPSA) is 151 Å². The van der Waals surface area contributed by atoms with Gasteiger partial charge in [-0.1, -0.05) is 41.7 Å². The van der Waals surface area contributed by atoms with Gasteiger partial charge in [0.1, 0.15) is 24.1 Å². The van der Waals surface area contributed by atoms with Crippen LogP contribution in [0.4, 0.5) is 4.79 Å². The lowest BCUT2D eigenvalue weighted by Crippen LogP contribution is -2.46. The normalized spacial score (nSPS) is 14.3. The summed E-state index contributed by atoms with van der Waals surface area (Å²) in [7, 11) is 0. The average molecular weight is 716 g/mol. The molecule has 48 heavy (non-hydrogen) atoms. The van der Waals surface area contributed by atoms with Crippen LogP contribution in [0.25, 0.3) is 0 Å². The number of rotatable bonds is 25. The molecule has 1 atom stereocenters. The molecule has 0 aliphatic carbocycles. The highest BCUT2D eigenvalue weighted by atomic mass is 35.5. The van der Waals surface area contributed by atoms with Gasteiger partial charge in [-0.25, -0.2) is 4.79 Å². The first-order chi connectivity index (χ1) is 23.5. The molecule has 2 N–H and O–H groups in total. The van der Waals surface area contributed by atoms with Crippen molar-refractivity contribution in [3.63, 3.8) is 0 Å². The van der Waals surface area contributed by atoms with Crippen LogP contribution in [0.1, 0.15) is 55.5 Å². The summed E-state index contributed by atoms with van der Waals surface area (Å²) in [5.41, 5.74) is 1.28. The second-order valence-electron chi connectivity index (χ2n) is 11.1. The number of hydrogen-bond donors (Lipinski definition) is 2. The lowest BCUT2D eigenvalue weighted by atomic mass is 10.1. The molecule has 1 aromatic heterocycles. The number of hydrogen-bond acceptors (Lipinski definition) is 10. The quantitative estimate of drug-likeness (QED) is 0.113. The van der Waals surface area contributed by atoms with Crippen molar-refractivity contribution in [1.29, 1.82) is 0 Å². The lowest BCUT2D eigenvalue weighted by molar-refractivity contribution is -0.138. The van der Waals surface area contributed by atoms with Crippen molar-refractivity contribution in [3.05, 3.63) is 52.4 Å². The molecule has 1 aliphatic heterocycles. The fourth-order valence-electron chi connectivity index (χ4n) is 4.83. The molecule has 0 bridgehead atoms. The number of carbonyl (C=O) groups is 3. The monoisotopic (exact) mass is 714 g/mol. The molecule has 0 saturated carbocycles. The molecule has 13 nitrogen and oxygen atoms in total. The maximum Gasteiger partial charge on any atom is 0.407 e. The molecule has 1 aromatic carbocycles. The summed E-state index contributed by atoms with van der Waals surface area (Å²) in [6.45, 7) is 4.88. The van der Waals surface area contributed by atoms with E-state index < -0.39 is 12.1 Å². The molecule has 0 spiro atoms. The fourth-order valence-corrected chi connectivity index (χ4v) is 5.15. The van der Waals surface area contributed by atoms with Crippen LogP contribution >= 0.6 is 23.2 Å². The molecule has 1 fully saturated rings. The first-order valence-corrected chi connectivity index (χ1v) is 17.4. The fraction of sp³-hybridized carbons (Fsp3) is 0.636. The van der Waals surface area contributed by atoms with Crippen molar-refractivity contribution < 1.29 is 42.6 Å². The molecular weight excluding hydrogens is 667 g/mol. The second kappa shape index (κ2) is 24.2. The zero-order valence-corrected chi connectivity index (χ0v) is 28.9. The van der Waals surface area contributed by atoms with Gasteiger partial charge in [0.05, 0.1) is 52.7 Å². The first kappa shape index (κ1) is 39.5. The maximum absolute atomic E-state index is 13.0. The van der Waals surface area contributed by atoms with Crippen LogP contribution in [0.5, 0.6) is 0 Å². The Labute approximate surface area is 292 Å². The number of aromatic nitrogens is 1. The number of alkyl halides is 1. The van der Waals surface area contributed by atoms with Crippen LogP contribution < -0.4 is 10.6 Å². The van der Waals surface area contributed by atoms with E-state index in [2.05, 4.69) is 15.8 Å². The van der Waals surface area contributed by atoms with E-state index >= 15 is 0 Å². The molecule has 268 valence electrons. The van der Waals surface area contributed by atoms with Gasteiger partial charge in [-0.05, 0) is 43.4 Å². The van der Waals surface area contributed by atoms with Gasteiger partial charge in [-0.15, -0.1) is 11.6 Å². The zero-order valence-electron chi connectivity index (χ0n) is 27.4. The Morgan fingerprint density at radius 3 is 2.25 bits per heavy atom. The Hall–Kier alpha value is -2.94.